The van der Waals surface area contributed by atoms with E-state index in [9.17, 15) is 13.2 Å². The molecule has 0 aliphatic carbocycles. The zero-order valence-electron chi connectivity index (χ0n) is 15.8. The Morgan fingerprint density at radius 3 is 2.38 bits per heavy atom. The molecule has 150 valence electrons. The van der Waals surface area contributed by atoms with E-state index in [0.717, 1.165) is 5.75 Å². The molecule has 29 heavy (non-hydrogen) atoms. The third-order valence-corrected chi connectivity index (χ3v) is 6.39. The molecule has 1 amide bonds. The van der Waals surface area contributed by atoms with Gasteiger partial charge in [-0.15, -0.1) is 11.8 Å². The second-order valence-electron chi connectivity index (χ2n) is 6.40. The summed E-state index contributed by atoms with van der Waals surface area (Å²) in [5.41, 5.74) is 3.31. The number of thioether (sulfide) groups is 1. The molecular weight excluding hydrogens is 406 g/mol. The molecule has 0 bridgehead atoms. The van der Waals surface area contributed by atoms with Crippen LogP contribution in [0.4, 0.5) is 11.4 Å². The fourth-order valence-corrected chi connectivity index (χ4v) is 4.33. The van der Waals surface area contributed by atoms with Crippen LogP contribution in [0.3, 0.4) is 0 Å². The van der Waals surface area contributed by atoms with Gasteiger partial charge in [-0.3, -0.25) is 14.5 Å². The lowest BCUT2D eigenvalue weighted by atomic mass is 10.2. The third kappa shape index (κ3) is 6.33. The number of amides is 1. The smallest absolute Gasteiger partial charge is 0.261 e. The molecule has 0 radical (unpaired) electrons. The number of aryl methyl sites for hydroxylation is 1. The molecule has 6 nitrogen and oxygen atoms in total. The number of hydrogen-bond donors (Lipinski definition) is 2. The third-order valence-electron chi connectivity index (χ3n) is 3.98. The van der Waals surface area contributed by atoms with Crippen LogP contribution in [-0.2, 0) is 20.6 Å². The minimum atomic E-state index is -3.71. The Bertz CT molecular complexity index is 1050. The molecule has 0 saturated heterocycles. The molecule has 0 aliphatic rings. The number of carbonyl (C=O) groups is 1. The van der Waals surface area contributed by atoms with Crippen LogP contribution in [0.25, 0.3) is 0 Å². The average molecular weight is 428 g/mol. The molecular formula is C21H21N3O3S2. The van der Waals surface area contributed by atoms with Gasteiger partial charge in [0.2, 0.25) is 5.91 Å². The molecule has 0 atom stereocenters. The van der Waals surface area contributed by atoms with E-state index < -0.39 is 10.0 Å². The lowest BCUT2D eigenvalue weighted by Crippen LogP contribution is -2.15. The molecule has 3 rings (SSSR count). The van der Waals surface area contributed by atoms with Gasteiger partial charge in [0.15, 0.2) is 0 Å². The summed E-state index contributed by atoms with van der Waals surface area (Å²) < 4.78 is 27.3. The first kappa shape index (κ1) is 20.9. The van der Waals surface area contributed by atoms with E-state index in [-0.39, 0.29) is 10.8 Å². The Kier molecular flexibility index (Phi) is 6.90. The highest BCUT2D eigenvalue weighted by atomic mass is 32.2. The van der Waals surface area contributed by atoms with Gasteiger partial charge >= 0.3 is 0 Å². The summed E-state index contributed by atoms with van der Waals surface area (Å²) in [7, 11) is -3.71. The number of sulfonamides is 1. The Balaban J connectivity index is 1.51. The predicted molar refractivity (Wildman–Crippen MR) is 117 cm³/mol. The van der Waals surface area contributed by atoms with Gasteiger partial charge in [-0.1, -0.05) is 29.8 Å². The van der Waals surface area contributed by atoms with Gasteiger partial charge in [0.05, 0.1) is 22.5 Å². The highest BCUT2D eigenvalue weighted by Crippen LogP contribution is 2.18. The molecule has 8 heteroatoms. The van der Waals surface area contributed by atoms with Gasteiger partial charge in [-0.2, -0.15) is 0 Å². The molecule has 0 spiro atoms. The number of rotatable bonds is 8. The summed E-state index contributed by atoms with van der Waals surface area (Å²) in [5.74, 6) is 0.938. The topological polar surface area (TPSA) is 88.2 Å². The number of hydrogen-bond acceptors (Lipinski definition) is 5. The van der Waals surface area contributed by atoms with Crippen molar-refractivity contribution in [2.45, 2.75) is 17.6 Å². The largest absolute Gasteiger partial charge is 0.325 e. The SMILES string of the molecule is Cc1ccc(CSCC(=O)Nc2ccc(S(=O)(=O)Nc3cccnc3)cc2)cc1. The van der Waals surface area contributed by atoms with Gasteiger partial charge < -0.3 is 5.32 Å². The maximum absolute atomic E-state index is 12.4. The Hall–Kier alpha value is -2.84. The van der Waals surface area contributed by atoms with Gasteiger partial charge in [0.25, 0.3) is 10.0 Å². The van der Waals surface area contributed by atoms with Gasteiger partial charge in [-0.25, -0.2) is 8.42 Å². The summed E-state index contributed by atoms with van der Waals surface area (Å²) in [4.78, 5) is 16.1. The fourth-order valence-electron chi connectivity index (χ4n) is 2.50. The number of pyridine rings is 1. The van der Waals surface area contributed by atoms with E-state index in [2.05, 4.69) is 39.3 Å². The number of benzene rings is 2. The first-order chi connectivity index (χ1) is 13.9. The predicted octanol–water partition coefficient (Wildman–Crippen LogP) is 4.06. The normalized spacial score (nSPS) is 11.1. The van der Waals surface area contributed by atoms with Crippen LogP contribution >= 0.6 is 11.8 Å². The Morgan fingerprint density at radius 2 is 1.72 bits per heavy atom. The van der Waals surface area contributed by atoms with Crippen LogP contribution in [0, 0.1) is 6.92 Å². The van der Waals surface area contributed by atoms with E-state index in [1.54, 1.807) is 30.5 Å². The van der Waals surface area contributed by atoms with Crippen molar-refractivity contribution in [3.8, 4) is 0 Å². The van der Waals surface area contributed by atoms with Crippen molar-refractivity contribution in [2.75, 3.05) is 15.8 Å². The van der Waals surface area contributed by atoms with E-state index in [1.165, 1.54) is 41.2 Å². The van der Waals surface area contributed by atoms with Crippen molar-refractivity contribution in [3.05, 3.63) is 84.2 Å². The molecule has 1 heterocycles. The highest BCUT2D eigenvalue weighted by molar-refractivity contribution is 7.99. The van der Waals surface area contributed by atoms with Gasteiger partial charge in [0, 0.05) is 17.6 Å². The summed E-state index contributed by atoms with van der Waals surface area (Å²) >= 11 is 1.52. The first-order valence-electron chi connectivity index (χ1n) is 8.88. The lowest BCUT2D eigenvalue weighted by molar-refractivity contribution is -0.113. The quantitative estimate of drug-likeness (QED) is 0.566. The molecule has 1 aromatic heterocycles. The van der Waals surface area contributed by atoms with Crippen molar-refractivity contribution < 1.29 is 13.2 Å². The maximum Gasteiger partial charge on any atom is 0.261 e. The first-order valence-corrected chi connectivity index (χ1v) is 11.5. The van der Waals surface area contributed by atoms with Crippen molar-refractivity contribution in [1.29, 1.82) is 0 Å². The monoisotopic (exact) mass is 427 g/mol. The van der Waals surface area contributed by atoms with Gasteiger partial charge in [0.1, 0.15) is 0 Å². The van der Waals surface area contributed by atoms with E-state index in [1.807, 2.05) is 6.92 Å². The molecule has 3 aromatic rings. The molecule has 2 N–H and O–H groups in total. The van der Waals surface area contributed by atoms with Crippen molar-refractivity contribution in [2.24, 2.45) is 0 Å². The zero-order chi connectivity index (χ0) is 20.7. The van der Waals surface area contributed by atoms with E-state index in [4.69, 9.17) is 0 Å². The highest BCUT2D eigenvalue weighted by Gasteiger charge is 2.14. The molecule has 0 unspecified atom stereocenters. The Morgan fingerprint density at radius 1 is 1.00 bits per heavy atom. The van der Waals surface area contributed by atoms with Crippen LogP contribution in [0.1, 0.15) is 11.1 Å². The summed E-state index contributed by atoms with van der Waals surface area (Å²) in [6, 6.07) is 17.5. The van der Waals surface area contributed by atoms with Crippen LogP contribution < -0.4 is 10.0 Å². The molecule has 0 saturated carbocycles. The minimum absolute atomic E-state index is 0.105. The molecule has 0 aliphatic heterocycles. The summed E-state index contributed by atoms with van der Waals surface area (Å²) in [6.45, 7) is 2.04. The number of anilines is 2. The van der Waals surface area contributed by atoms with Crippen molar-refractivity contribution in [3.63, 3.8) is 0 Å². The summed E-state index contributed by atoms with van der Waals surface area (Å²) in [5, 5.41) is 2.78. The second kappa shape index (κ2) is 9.58. The summed E-state index contributed by atoms with van der Waals surface area (Å²) in [6.07, 6.45) is 2.99. The van der Waals surface area contributed by atoms with Crippen molar-refractivity contribution >= 4 is 39.1 Å². The average Bonchev–Trinajstić information content (AvgIpc) is 2.70. The minimum Gasteiger partial charge on any atom is -0.325 e. The van der Waals surface area contributed by atoms with Crippen LogP contribution in [-0.4, -0.2) is 25.1 Å². The van der Waals surface area contributed by atoms with Crippen LogP contribution in [0.5, 0.6) is 0 Å². The van der Waals surface area contributed by atoms with E-state index >= 15 is 0 Å². The molecule has 2 aromatic carbocycles. The number of nitrogens with one attached hydrogen (secondary N) is 2. The molecule has 0 fully saturated rings. The van der Waals surface area contributed by atoms with Crippen LogP contribution in [0.15, 0.2) is 78.0 Å². The number of nitrogens with zero attached hydrogens (tertiary/aromatic N) is 1. The zero-order valence-corrected chi connectivity index (χ0v) is 17.5. The van der Waals surface area contributed by atoms with Gasteiger partial charge in [-0.05, 0) is 48.9 Å². The fraction of sp³-hybridized carbons (Fsp3) is 0.143. The maximum atomic E-state index is 12.4. The Labute approximate surface area is 174 Å². The second-order valence-corrected chi connectivity index (χ2v) is 9.07. The standard InChI is InChI=1S/C21H21N3O3S2/c1-16-4-6-17(7-5-16)14-28-15-21(25)23-18-8-10-20(11-9-18)29(26,27)24-19-3-2-12-22-13-19/h2-13,24H,14-15H2,1H3,(H,23,25). The lowest BCUT2D eigenvalue weighted by Gasteiger charge is -2.09. The van der Waals surface area contributed by atoms with E-state index in [0.29, 0.717) is 17.1 Å². The van der Waals surface area contributed by atoms with Crippen LogP contribution in [0.2, 0.25) is 0 Å². The van der Waals surface area contributed by atoms with Crippen molar-refractivity contribution in [1.82, 2.24) is 4.98 Å². The number of aromatic nitrogens is 1. The number of carbonyl (C=O) groups excluding carboxylic acids is 1.